The van der Waals surface area contributed by atoms with E-state index in [0.29, 0.717) is 5.82 Å². The minimum absolute atomic E-state index is 0.687. The molecule has 11 rings (SSSR count). The van der Waals surface area contributed by atoms with Crippen LogP contribution < -0.4 is 0 Å². The predicted molar refractivity (Wildman–Crippen MR) is 254 cm³/mol. The first-order valence-corrected chi connectivity index (χ1v) is 20.7. The van der Waals surface area contributed by atoms with Crippen LogP contribution in [0.3, 0.4) is 0 Å². The highest BCUT2D eigenvalue weighted by molar-refractivity contribution is 6.11. The lowest BCUT2D eigenvalue weighted by atomic mass is 9.91. The second-order valence-corrected chi connectivity index (χ2v) is 15.4. The summed E-state index contributed by atoms with van der Waals surface area (Å²) in [4.78, 5) is 10.8. The van der Waals surface area contributed by atoms with E-state index >= 15 is 0 Å². The van der Waals surface area contributed by atoms with Gasteiger partial charge in [0.05, 0.1) is 16.7 Å². The van der Waals surface area contributed by atoms with Gasteiger partial charge in [-0.25, -0.2) is 9.97 Å². The zero-order valence-electron chi connectivity index (χ0n) is 33.4. The Morgan fingerprint density at radius 3 is 1.18 bits per heavy atom. The number of hydrogen-bond acceptors (Lipinski definition) is 2. The van der Waals surface area contributed by atoms with Gasteiger partial charge < -0.3 is 4.57 Å². The molecule has 0 aliphatic carbocycles. The smallest absolute Gasteiger partial charge is 0.160 e. The molecule has 0 saturated carbocycles. The lowest BCUT2D eigenvalue weighted by Crippen LogP contribution is -1.99. The fraction of sp³-hybridized carbons (Fsp3) is 0. The molecular formula is C58H39N3. The molecule has 0 radical (unpaired) electrons. The molecule has 61 heavy (non-hydrogen) atoms. The number of para-hydroxylation sites is 2. The average Bonchev–Trinajstić information content (AvgIpc) is 3.69. The Morgan fingerprint density at radius 2 is 0.656 bits per heavy atom. The summed E-state index contributed by atoms with van der Waals surface area (Å²) in [5.74, 6) is 0.687. The molecule has 0 aliphatic rings. The van der Waals surface area contributed by atoms with Crippen molar-refractivity contribution < 1.29 is 0 Å². The van der Waals surface area contributed by atoms with Crippen molar-refractivity contribution in [3.63, 3.8) is 0 Å². The lowest BCUT2D eigenvalue weighted by molar-refractivity contribution is 1.15. The van der Waals surface area contributed by atoms with Gasteiger partial charge in [0.1, 0.15) is 5.52 Å². The van der Waals surface area contributed by atoms with Crippen LogP contribution >= 0.6 is 0 Å². The molecule has 3 heteroatoms. The van der Waals surface area contributed by atoms with Gasteiger partial charge in [-0.15, -0.1) is 0 Å². The van der Waals surface area contributed by atoms with Crippen LogP contribution in [0.4, 0.5) is 0 Å². The van der Waals surface area contributed by atoms with E-state index in [9.17, 15) is 0 Å². The molecule has 0 aliphatic heterocycles. The normalized spacial score (nSPS) is 11.3. The largest absolute Gasteiger partial charge is 0.306 e. The van der Waals surface area contributed by atoms with Crippen LogP contribution in [0.25, 0.3) is 106 Å². The molecule has 0 bridgehead atoms. The van der Waals surface area contributed by atoms with Crippen LogP contribution in [-0.2, 0) is 0 Å². The summed E-state index contributed by atoms with van der Waals surface area (Å²) < 4.78 is 2.31. The van der Waals surface area contributed by atoms with Gasteiger partial charge in [0.2, 0.25) is 0 Å². The number of hydrogen-bond donors (Lipinski definition) is 0. The fourth-order valence-electron chi connectivity index (χ4n) is 8.60. The average molecular weight is 778 g/mol. The zero-order valence-corrected chi connectivity index (χ0v) is 33.4. The van der Waals surface area contributed by atoms with Crippen LogP contribution in [0, 0.1) is 0 Å². The summed E-state index contributed by atoms with van der Waals surface area (Å²) in [6.45, 7) is 0. The van der Waals surface area contributed by atoms with E-state index < -0.39 is 0 Å². The van der Waals surface area contributed by atoms with Gasteiger partial charge in [-0.1, -0.05) is 182 Å². The van der Waals surface area contributed by atoms with Gasteiger partial charge in [0.15, 0.2) is 5.82 Å². The summed E-state index contributed by atoms with van der Waals surface area (Å²) in [6.07, 6.45) is 0. The summed E-state index contributed by atoms with van der Waals surface area (Å²) in [6, 6.07) is 84.1. The maximum absolute atomic E-state index is 5.43. The van der Waals surface area contributed by atoms with E-state index in [1.807, 2.05) is 0 Å². The van der Waals surface area contributed by atoms with E-state index in [4.69, 9.17) is 9.97 Å². The highest BCUT2D eigenvalue weighted by Gasteiger charge is 2.21. The van der Waals surface area contributed by atoms with Gasteiger partial charge in [-0.2, -0.15) is 0 Å². The van der Waals surface area contributed by atoms with Crippen LogP contribution in [-0.4, -0.2) is 14.5 Å². The molecule has 2 heterocycles. The third kappa shape index (κ3) is 6.88. The van der Waals surface area contributed by atoms with Crippen molar-refractivity contribution >= 4 is 21.9 Å². The molecule has 11 aromatic rings. The SMILES string of the molecule is c1ccc(-c2cccc(-c3cc(-c4cccc(-c5ccccc5)c4)cc(-c4cccc(-c5nc(-c6ccccc6)c6c(n5)c5ccccc5n6-c5ccccc5)c4)c3)c2)cc1. The van der Waals surface area contributed by atoms with E-state index in [1.54, 1.807) is 0 Å². The Hall–Kier alpha value is -8.14. The number of fused-ring (bicyclic) bond motifs is 3. The van der Waals surface area contributed by atoms with E-state index in [1.165, 1.54) is 22.3 Å². The minimum atomic E-state index is 0.687. The van der Waals surface area contributed by atoms with E-state index in [-0.39, 0.29) is 0 Å². The third-order valence-corrected chi connectivity index (χ3v) is 11.6. The Morgan fingerprint density at radius 1 is 0.279 bits per heavy atom. The van der Waals surface area contributed by atoms with Gasteiger partial charge in [0, 0.05) is 22.2 Å². The maximum atomic E-state index is 5.43. The Bertz CT molecular complexity index is 3230. The van der Waals surface area contributed by atoms with Crippen LogP contribution in [0.2, 0.25) is 0 Å². The topological polar surface area (TPSA) is 30.7 Å². The fourth-order valence-corrected chi connectivity index (χ4v) is 8.60. The van der Waals surface area contributed by atoms with E-state index in [2.05, 4.69) is 241 Å². The Balaban J connectivity index is 1.09. The van der Waals surface area contributed by atoms with Crippen molar-refractivity contribution in [3.05, 3.63) is 237 Å². The van der Waals surface area contributed by atoms with Crippen molar-refractivity contribution in [1.29, 1.82) is 0 Å². The lowest BCUT2D eigenvalue weighted by Gasteiger charge is -2.14. The monoisotopic (exact) mass is 777 g/mol. The Kier molecular flexibility index (Phi) is 9.18. The number of nitrogens with zero attached hydrogens (tertiary/aromatic N) is 3. The van der Waals surface area contributed by atoms with Crippen molar-refractivity contribution in [2.24, 2.45) is 0 Å². The van der Waals surface area contributed by atoms with Crippen LogP contribution in [0.1, 0.15) is 0 Å². The highest BCUT2D eigenvalue weighted by Crippen LogP contribution is 2.40. The summed E-state index contributed by atoms with van der Waals surface area (Å²) in [5.41, 5.74) is 18.6. The van der Waals surface area contributed by atoms with Gasteiger partial charge in [-0.3, -0.25) is 0 Å². The zero-order chi connectivity index (χ0) is 40.5. The van der Waals surface area contributed by atoms with Crippen LogP contribution in [0.15, 0.2) is 237 Å². The van der Waals surface area contributed by atoms with Gasteiger partial charge in [0.25, 0.3) is 0 Å². The molecule has 0 unspecified atom stereocenters. The van der Waals surface area contributed by atoms with Crippen molar-refractivity contribution in [2.75, 3.05) is 0 Å². The Labute approximate surface area is 355 Å². The molecule has 9 aromatic carbocycles. The van der Waals surface area contributed by atoms with Crippen molar-refractivity contribution in [2.45, 2.75) is 0 Å². The molecule has 0 amide bonds. The molecule has 0 saturated heterocycles. The molecule has 0 fully saturated rings. The van der Waals surface area contributed by atoms with E-state index in [0.717, 1.165) is 77.8 Å². The molecular weight excluding hydrogens is 739 g/mol. The summed E-state index contributed by atoms with van der Waals surface area (Å²) >= 11 is 0. The van der Waals surface area contributed by atoms with Crippen molar-refractivity contribution in [3.8, 4) is 84.0 Å². The first-order valence-electron chi connectivity index (χ1n) is 20.7. The third-order valence-electron chi connectivity index (χ3n) is 11.6. The standard InChI is InChI=1S/C58H39N3/c1-5-18-40(19-6-1)43-24-15-26-45(34-43)49-37-50(46-27-16-25-44(35-46)41-20-7-2-8-21-41)39-51(38-49)47-28-17-29-48(36-47)58-59-55(42-22-9-3-10-23-42)57-56(60-58)53-32-13-14-33-54(53)61(57)52-30-11-4-12-31-52/h1-39H. The predicted octanol–water partition coefficient (Wildman–Crippen LogP) is 15.2. The van der Waals surface area contributed by atoms with Gasteiger partial charge >= 0.3 is 0 Å². The summed E-state index contributed by atoms with van der Waals surface area (Å²) in [7, 11) is 0. The maximum Gasteiger partial charge on any atom is 0.160 e. The van der Waals surface area contributed by atoms with Crippen LogP contribution in [0.5, 0.6) is 0 Å². The minimum Gasteiger partial charge on any atom is -0.306 e. The molecule has 286 valence electrons. The van der Waals surface area contributed by atoms with Gasteiger partial charge in [-0.05, 0) is 110 Å². The first kappa shape index (κ1) is 36.0. The second kappa shape index (κ2) is 15.6. The highest BCUT2D eigenvalue weighted by atomic mass is 15.0. The number of rotatable bonds is 8. The molecule has 0 spiro atoms. The molecule has 2 aromatic heterocycles. The number of benzene rings is 9. The summed E-state index contributed by atoms with van der Waals surface area (Å²) in [5, 5.41) is 1.09. The molecule has 0 N–H and O–H groups in total. The molecule has 0 atom stereocenters. The molecule has 3 nitrogen and oxygen atoms in total. The van der Waals surface area contributed by atoms with Crippen molar-refractivity contribution in [1.82, 2.24) is 14.5 Å². The first-order chi connectivity index (χ1) is 30.2. The quantitative estimate of drug-likeness (QED) is 0.154. The number of aromatic nitrogens is 3. The second-order valence-electron chi connectivity index (χ2n) is 15.4.